The average molecular weight is 328 g/mol. The number of nitrogens with one attached hydrogen (secondary N) is 1. The SMILES string of the molecule is C=C(C)c1ccc(-n2cc(-c3cc4ccccc4[nH]c3=O)nn2)cc1. The lowest BCUT2D eigenvalue weighted by Crippen LogP contribution is -2.08. The van der Waals surface area contributed by atoms with Crippen LogP contribution in [-0.4, -0.2) is 20.0 Å². The Labute approximate surface area is 144 Å². The molecule has 0 amide bonds. The highest BCUT2D eigenvalue weighted by molar-refractivity contribution is 5.82. The molecule has 0 aliphatic heterocycles. The maximum Gasteiger partial charge on any atom is 0.258 e. The number of aromatic amines is 1. The summed E-state index contributed by atoms with van der Waals surface area (Å²) in [5, 5.41) is 9.27. The van der Waals surface area contributed by atoms with Gasteiger partial charge in [-0.25, -0.2) is 4.68 Å². The molecule has 0 fully saturated rings. The molecule has 5 nitrogen and oxygen atoms in total. The van der Waals surface area contributed by atoms with E-state index in [1.165, 1.54) is 0 Å². The highest BCUT2D eigenvalue weighted by atomic mass is 16.1. The molecule has 0 spiro atoms. The van der Waals surface area contributed by atoms with E-state index >= 15 is 0 Å². The minimum absolute atomic E-state index is 0.177. The molecule has 5 heteroatoms. The second-order valence-corrected chi connectivity index (χ2v) is 5.97. The summed E-state index contributed by atoms with van der Waals surface area (Å²) >= 11 is 0. The van der Waals surface area contributed by atoms with E-state index < -0.39 is 0 Å². The van der Waals surface area contributed by atoms with E-state index in [2.05, 4.69) is 21.9 Å². The Kier molecular flexibility index (Phi) is 3.54. The standard InChI is InChI=1S/C20H16N4O/c1-13(2)14-7-9-16(10-8-14)24-12-19(22-23-24)17-11-15-5-3-4-6-18(15)21-20(17)25/h3-12H,1H2,2H3,(H,21,25). The second kappa shape index (κ2) is 5.87. The summed E-state index contributed by atoms with van der Waals surface area (Å²) in [7, 11) is 0. The lowest BCUT2D eigenvalue weighted by molar-refractivity contribution is 0.803. The zero-order valence-electron chi connectivity index (χ0n) is 13.7. The minimum Gasteiger partial charge on any atom is -0.321 e. The molecule has 1 N–H and O–H groups in total. The number of allylic oxidation sites excluding steroid dienone is 1. The first-order chi connectivity index (χ1) is 12.1. The zero-order valence-corrected chi connectivity index (χ0v) is 13.7. The van der Waals surface area contributed by atoms with Crippen LogP contribution in [0.3, 0.4) is 0 Å². The molecule has 25 heavy (non-hydrogen) atoms. The van der Waals surface area contributed by atoms with Crippen molar-refractivity contribution in [2.45, 2.75) is 6.92 Å². The van der Waals surface area contributed by atoms with Crippen LogP contribution in [0.5, 0.6) is 0 Å². The van der Waals surface area contributed by atoms with E-state index in [0.29, 0.717) is 11.3 Å². The predicted octanol–water partition coefficient (Wildman–Crippen LogP) is 3.81. The molecule has 4 aromatic rings. The van der Waals surface area contributed by atoms with E-state index in [-0.39, 0.29) is 5.56 Å². The lowest BCUT2D eigenvalue weighted by atomic mass is 10.1. The van der Waals surface area contributed by atoms with Gasteiger partial charge < -0.3 is 4.98 Å². The van der Waals surface area contributed by atoms with Crippen LogP contribution in [0.25, 0.3) is 33.4 Å². The van der Waals surface area contributed by atoms with Gasteiger partial charge in [-0.05, 0) is 42.1 Å². The van der Waals surface area contributed by atoms with Crippen molar-refractivity contribution in [2.24, 2.45) is 0 Å². The lowest BCUT2D eigenvalue weighted by Gasteiger charge is -2.03. The molecular formula is C20H16N4O. The molecular weight excluding hydrogens is 312 g/mol. The number of aromatic nitrogens is 4. The van der Waals surface area contributed by atoms with Gasteiger partial charge >= 0.3 is 0 Å². The first kappa shape index (κ1) is 15.1. The summed E-state index contributed by atoms with van der Waals surface area (Å²) in [6.45, 7) is 5.90. The molecule has 0 radical (unpaired) electrons. The molecule has 2 heterocycles. The van der Waals surface area contributed by atoms with E-state index in [9.17, 15) is 4.79 Å². The fourth-order valence-corrected chi connectivity index (χ4v) is 2.75. The van der Waals surface area contributed by atoms with Gasteiger partial charge in [0.1, 0.15) is 5.69 Å². The first-order valence-electron chi connectivity index (χ1n) is 7.93. The number of fused-ring (bicyclic) bond motifs is 1. The molecule has 2 aromatic carbocycles. The van der Waals surface area contributed by atoms with Crippen LogP contribution in [0.2, 0.25) is 0 Å². The molecule has 0 aliphatic rings. The summed E-state index contributed by atoms with van der Waals surface area (Å²) < 4.78 is 1.66. The number of para-hydroxylation sites is 1. The fraction of sp³-hybridized carbons (Fsp3) is 0.0500. The van der Waals surface area contributed by atoms with Gasteiger partial charge in [0.2, 0.25) is 0 Å². The van der Waals surface area contributed by atoms with E-state index in [1.807, 2.05) is 61.5 Å². The minimum atomic E-state index is -0.177. The molecule has 0 saturated carbocycles. The van der Waals surface area contributed by atoms with Gasteiger partial charge in [-0.3, -0.25) is 4.79 Å². The quantitative estimate of drug-likeness (QED) is 0.622. The molecule has 0 unspecified atom stereocenters. The van der Waals surface area contributed by atoms with Crippen molar-refractivity contribution in [1.82, 2.24) is 20.0 Å². The normalized spacial score (nSPS) is 10.9. The highest BCUT2D eigenvalue weighted by Gasteiger charge is 2.10. The summed E-state index contributed by atoms with van der Waals surface area (Å²) in [6.07, 6.45) is 1.76. The van der Waals surface area contributed by atoms with Gasteiger partial charge in [0, 0.05) is 5.52 Å². The Hall–Kier alpha value is -3.47. The van der Waals surface area contributed by atoms with Crippen LogP contribution in [0.4, 0.5) is 0 Å². The number of rotatable bonds is 3. The Balaban J connectivity index is 1.75. The number of pyridine rings is 1. The van der Waals surface area contributed by atoms with Crippen molar-refractivity contribution in [3.63, 3.8) is 0 Å². The Morgan fingerprint density at radius 2 is 1.88 bits per heavy atom. The van der Waals surface area contributed by atoms with E-state index in [4.69, 9.17) is 0 Å². The molecule has 0 bridgehead atoms. The van der Waals surface area contributed by atoms with Gasteiger partial charge in [-0.1, -0.05) is 47.7 Å². The number of benzene rings is 2. The Bertz CT molecular complexity index is 1140. The maximum absolute atomic E-state index is 12.4. The van der Waals surface area contributed by atoms with Crippen molar-refractivity contribution >= 4 is 16.5 Å². The van der Waals surface area contributed by atoms with Crippen LogP contribution in [0, 0.1) is 0 Å². The van der Waals surface area contributed by atoms with Gasteiger partial charge in [0.05, 0.1) is 17.4 Å². The first-order valence-corrected chi connectivity index (χ1v) is 7.93. The van der Waals surface area contributed by atoms with Crippen molar-refractivity contribution in [3.05, 3.63) is 83.3 Å². The summed E-state index contributed by atoms with van der Waals surface area (Å²) in [6, 6.07) is 17.4. The number of H-pyrrole nitrogens is 1. The molecule has 0 atom stereocenters. The van der Waals surface area contributed by atoms with Crippen LogP contribution in [0.15, 0.2) is 72.2 Å². The molecule has 0 saturated heterocycles. The summed E-state index contributed by atoms with van der Waals surface area (Å²) in [4.78, 5) is 15.2. The number of nitrogens with zero attached hydrogens (tertiary/aromatic N) is 3. The van der Waals surface area contributed by atoms with Crippen LogP contribution in [0.1, 0.15) is 12.5 Å². The summed E-state index contributed by atoms with van der Waals surface area (Å²) in [5.41, 5.74) is 4.63. The number of hydrogen-bond donors (Lipinski definition) is 1. The predicted molar refractivity (Wildman–Crippen MR) is 99.6 cm³/mol. The van der Waals surface area contributed by atoms with E-state index in [1.54, 1.807) is 10.9 Å². The monoisotopic (exact) mass is 328 g/mol. The summed E-state index contributed by atoms with van der Waals surface area (Å²) in [5.74, 6) is 0. The Morgan fingerprint density at radius 3 is 2.64 bits per heavy atom. The molecule has 2 aromatic heterocycles. The van der Waals surface area contributed by atoms with Gasteiger partial charge in [-0.15, -0.1) is 5.10 Å². The highest BCUT2D eigenvalue weighted by Crippen LogP contribution is 2.19. The van der Waals surface area contributed by atoms with Crippen LogP contribution < -0.4 is 5.56 Å². The smallest absolute Gasteiger partial charge is 0.258 e. The van der Waals surface area contributed by atoms with E-state index in [0.717, 1.165) is 27.7 Å². The molecule has 4 rings (SSSR count). The third-order valence-electron chi connectivity index (χ3n) is 4.15. The van der Waals surface area contributed by atoms with Gasteiger partial charge in [-0.2, -0.15) is 0 Å². The number of hydrogen-bond acceptors (Lipinski definition) is 3. The fourth-order valence-electron chi connectivity index (χ4n) is 2.75. The van der Waals surface area contributed by atoms with Gasteiger partial charge in [0.15, 0.2) is 0 Å². The molecule has 122 valence electrons. The van der Waals surface area contributed by atoms with Crippen molar-refractivity contribution in [2.75, 3.05) is 0 Å². The topological polar surface area (TPSA) is 63.6 Å². The third kappa shape index (κ3) is 2.76. The zero-order chi connectivity index (χ0) is 17.4. The van der Waals surface area contributed by atoms with Gasteiger partial charge in [0.25, 0.3) is 5.56 Å². The second-order valence-electron chi connectivity index (χ2n) is 5.97. The molecule has 0 aliphatic carbocycles. The Morgan fingerprint density at radius 1 is 1.12 bits per heavy atom. The third-order valence-corrected chi connectivity index (χ3v) is 4.15. The largest absolute Gasteiger partial charge is 0.321 e. The maximum atomic E-state index is 12.4. The van der Waals surface area contributed by atoms with Crippen LogP contribution >= 0.6 is 0 Å². The van der Waals surface area contributed by atoms with Crippen molar-refractivity contribution in [3.8, 4) is 16.9 Å². The van der Waals surface area contributed by atoms with Crippen molar-refractivity contribution < 1.29 is 0 Å². The van der Waals surface area contributed by atoms with Crippen LogP contribution in [-0.2, 0) is 0 Å². The van der Waals surface area contributed by atoms with Crippen molar-refractivity contribution in [1.29, 1.82) is 0 Å². The average Bonchev–Trinajstić information content (AvgIpc) is 3.11.